The maximum Gasteiger partial charge on any atom is 0.104 e. The molecule has 0 aliphatic heterocycles. The zero-order valence-corrected chi connectivity index (χ0v) is 17.8. The maximum absolute atomic E-state index is 5.88. The number of hydrogen-bond acceptors (Lipinski definition) is 6. The molecule has 0 amide bonds. The molecule has 0 spiro atoms. The Bertz CT molecular complexity index is 1100. The van der Waals surface area contributed by atoms with Crippen molar-refractivity contribution in [1.82, 2.24) is 0 Å². The van der Waals surface area contributed by atoms with E-state index in [1.54, 1.807) is 18.4 Å². The normalized spacial score (nSPS) is 10.5. The molecular weight excluding hydrogens is 388 g/mol. The second kappa shape index (κ2) is 10.3. The summed E-state index contributed by atoms with van der Waals surface area (Å²) in [6.45, 7) is 1.95. The van der Waals surface area contributed by atoms with Crippen molar-refractivity contribution in [3.63, 3.8) is 0 Å². The molecule has 162 valence electrons. The number of aryl methyl sites for hydroxylation is 5. The van der Waals surface area contributed by atoms with Gasteiger partial charge in [-0.25, -0.2) is 0 Å². The van der Waals surface area contributed by atoms with E-state index in [1.165, 1.54) is 0 Å². The van der Waals surface area contributed by atoms with Crippen molar-refractivity contribution < 1.29 is 8.83 Å². The lowest BCUT2D eigenvalue weighted by atomic mass is 10.1. The van der Waals surface area contributed by atoms with E-state index in [9.17, 15) is 0 Å². The van der Waals surface area contributed by atoms with Crippen molar-refractivity contribution in [3.8, 4) is 0 Å². The molecule has 31 heavy (non-hydrogen) atoms. The molecule has 2 heterocycles. The third kappa shape index (κ3) is 6.60. The first kappa shape index (κ1) is 21.9. The number of benzene rings is 2. The monoisotopic (exact) mass is 418 g/mol. The van der Waals surface area contributed by atoms with Gasteiger partial charge in [0.1, 0.15) is 17.3 Å². The molecule has 0 aliphatic carbocycles. The number of anilines is 4. The van der Waals surface area contributed by atoms with Crippen LogP contribution in [0.25, 0.3) is 0 Å². The highest BCUT2D eigenvalue weighted by molar-refractivity contribution is 5.57. The molecule has 2 aromatic carbocycles. The zero-order valence-electron chi connectivity index (χ0n) is 17.8. The van der Waals surface area contributed by atoms with Crippen molar-refractivity contribution >= 4 is 22.7 Å². The quantitative estimate of drug-likeness (QED) is 0.334. The Balaban J connectivity index is 0.000000176. The largest absolute Gasteiger partial charge is 0.469 e. The average Bonchev–Trinajstić information content (AvgIpc) is 3.39. The minimum absolute atomic E-state index is 0.703. The second-order valence-electron chi connectivity index (χ2n) is 7.51. The van der Waals surface area contributed by atoms with Crippen LogP contribution in [0.4, 0.5) is 22.7 Å². The first-order valence-electron chi connectivity index (χ1n) is 10.3. The fourth-order valence-electron chi connectivity index (χ4n) is 3.27. The minimum Gasteiger partial charge on any atom is -0.469 e. The third-order valence-corrected chi connectivity index (χ3v) is 5.00. The molecule has 0 saturated heterocycles. The Kier molecular flexibility index (Phi) is 7.27. The van der Waals surface area contributed by atoms with Crippen molar-refractivity contribution in [2.75, 3.05) is 22.9 Å². The Morgan fingerprint density at radius 1 is 0.645 bits per heavy atom. The van der Waals surface area contributed by atoms with Gasteiger partial charge in [-0.3, -0.25) is 0 Å². The highest BCUT2D eigenvalue weighted by atomic mass is 16.3. The van der Waals surface area contributed by atoms with Crippen LogP contribution in [0.5, 0.6) is 0 Å². The van der Waals surface area contributed by atoms with E-state index < -0.39 is 0 Å². The lowest BCUT2D eigenvalue weighted by molar-refractivity contribution is 0.482. The maximum atomic E-state index is 5.88. The number of hydrogen-bond donors (Lipinski definition) is 4. The van der Waals surface area contributed by atoms with Crippen molar-refractivity contribution in [1.29, 1.82) is 0 Å². The molecule has 0 fully saturated rings. The van der Waals surface area contributed by atoms with Crippen LogP contribution >= 0.6 is 0 Å². The van der Waals surface area contributed by atoms with Crippen LogP contribution < -0.4 is 22.9 Å². The van der Waals surface area contributed by atoms with E-state index in [2.05, 4.69) is 0 Å². The lowest BCUT2D eigenvalue weighted by Gasteiger charge is -2.05. The molecular formula is C25H30N4O2. The summed E-state index contributed by atoms with van der Waals surface area (Å²) >= 11 is 0. The first-order chi connectivity index (χ1) is 14.9. The molecule has 0 atom stereocenters. The van der Waals surface area contributed by atoms with Gasteiger partial charge in [0.2, 0.25) is 0 Å². The summed E-state index contributed by atoms with van der Waals surface area (Å²) in [4.78, 5) is 0. The smallest absolute Gasteiger partial charge is 0.104 e. The molecule has 6 nitrogen and oxygen atoms in total. The summed E-state index contributed by atoms with van der Waals surface area (Å²) < 4.78 is 10.8. The van der Waals surface area contributed by atoms with Gasteiger partial charge < -0.3 is 31.8 Å². The van der Waals surface area contributed by atoms with Crippen LogP contribution in [0.15, 0.2) is 75.8 Å². The van der Waals surface area contributed by atoms with E-state index >= 15 is 0 Å². The second-order valence-corrected chi connectivity index (χ2v) is 7.51. The van der Waals surface area contributed by atoms with Crippen molar-refractivity contribution in [2.45, 2.75) is 32.6 Å². The number of furan rings is 2. The predicted molar refractivity (Wildman–Crippen MR) is 128 cm³/mol. The van der Waals surface area contributed by atoms with Crippen LogP contribution in [0, 0.1) is 6.92 Å². The van der Waals surface area contributed by atoms with Gasteiger partial charge in [0.05, 0.1) is 6.26 Å². The fourth-order valence-corrected chi connectivity index (χ4v) is 3.27. The molecule has 0 saturated carbocycles. The SMILES string of the molecule is Cc1ccc(CCc2ccc(N)cc2N)o1.Nc1ccc(CCc2ccco2)c(N)c1. The van der Waals surface area contributed by atoms with Gasteiger partial charge >= 0.3 is 0 Å². The Labute approximate surface area is 182 Å². The van der Waals surface area contributed by atoms with Gasteiger partial charge in [-0.2, -0.15) is 0 Å². The van der Waals surface area contributed by atoms with E-state index in [4.69, 9.17) is 31.8 Å². The fraction of sp³-hybridized carbons (Fsp3) is 0.200. The molecule has 0 aliphatic rings. The Morgan fingerprint density at radius 3 is 1.68 bits per heavy atom. The van der Waals surface area contributed by atoms with Crippen LogP contribution in [0.1, 0.15) is 28.4 Å². The van der Waals surface area contributed by atoms with Crippen LogP contribution in [0.3, 0.4) is 0 Å². The summed E-state index contributed by atoms with van der Waals surface area (Å²) in [5.74, 6) is 2.92. The molecule has 8 N–H and O–H groups in total. The first-order valence-corrected chi connectivity index (χ1v) is 10.3. The summed E-state index contributed by atoms with van der Waals surface area (Å²) in [5, 5.41) is 0. The van der Waals surface area contributed by atoms with Crippen LogP contribution in [0.2, 0.25) is 0 Å². The van der Waals surface area contributed by atoms with Crippen LogP contribution in [-0.2, 0) is 25.7 Å². The molecule has 4 rings (SSSR count). The standard InChI is InChI=1S/C13H16N2O.C12H14N2O/c1-9-2-6-12(16-9)7-4-10-3-5-11(14)8-13(10)15;13-10-5-3-9(12(14)8-10)4-6-11-2-1-7-15-11/h2-3,5-6,8H,4,7,14-15H2,1H3;1-3,5,7-8H,4,6,13-14H2. The third-order valence-electron chi connectivity index (χ3n) is 5.00. The molecule has 0 bridgehead atoms. The van der Waals surface area contributed by atoms with Gasteiger partial charge in [0.15, 0.2) is 0 Å². The molecule has 6 heteroatoms. The Morgan fingerprint density at radius 2 is 1.23 bits per heavy atom. The Hall–Kier alpha value is -3.80. The molecule has 2 aromatic heterocycles. The van der Waals surface area contributed by atoms with Gasteiger partial charge in [-0.1, -0.05) is 12.1 Å². The van der Waals surface area contributed by atoms with Gasteiger partial charge in [-0.15, -0.1) is 0 Å². The number of nitrogen functional groups attached to an aromatic ring is 4. The minimum atomic E-state index is 0.703. The average molecular weight is 419 g/mol. The van der Waals surface area contributed by atoms with Gasteiger partial charge in [-0.05, 0) is 79.4 Å². The van der Waals surface area contributed by atoms with Crippen molar-refractivity contribution in [2.24, 2.45) is 0 Å². The van der Waals surface area contributed by atoms with Crippen LogP contribution in [-0.4, -0.2) is 0 Å². The van der Waals surface area contributed by atoms with Gasteiger partial charge in [0.25, 0.3) is 0 Å². The highest BCUT2D eigenvalue weighted by Crippen LogP contribution is 2.19. The van der Waals surface area contributed by atoms with E-state index in [0.29, 0.717) is 11.4 Å². The van der Waals surface area contributed by atoms with E-state index in [1.807, 2.05) is 55.5 Å². The van der Waals surface area contributed by atoms with Gasteiger partial charge in [0, 0.05) is 35.6 Å². The van der Waals surface area contributed by atoms with E-state index in [-0.39, 0.29) is 0 Å². The zero-order chi connectivity index (χ0) is 22.2. The molecule has 4 aromatic rings. The summed E-state index contributed by atoms with van der Waals surface area (Å²) in [7, 11) is 0. The number of rotatable bonds is 6. The molecule has 0 unspecified atom stereocenters. The van der Waals surface area contributed by atoms with E-state index in [0.717, 1.165) is 65.5 Å². The predicted octanol–water partition coefficient (Wildman–Crippen LogP) is 4.77. The number of nitrogens with two attached hydrogens (primary N) is 4. The molecule has 0 radical (unpaired) electrons. The lowest BCUT2D eigenvalue weighted by Crippen LogP contribution is -1.98. The summed E-state index contributed by atoms with van der Waals surface area (Å²) in [6, 6.07) is 19.1. The summed E-state index contributed by atoms with van der Waals surface area (Å²) in [6.07, 6.45) is 5.16. The highest BCUT2D eigenvalue weighted by Gasteiger charge is 2.03. The van der Waals surface area contributed by atoms with Crippen molar-refractivity contribution in [3.05, 3.63) is 95.3 Å². The summed E-state index contributed by atoms with van der Waals surface area (Å²) in [5.41, 5.74) is 28.1. The topological polar surface area (TPSA) is 130 Å².